The molecule has 5 nitrogen and oxygen atoms in total. The average Bonchev–Trinajstić information content (AvgIpc) is 2.87. The molecular weight excluding hydrogens is 483 g/mol. The molecule has 0 aliphatic heterocycles. The van der Waals surface area contributed by atoms with E-state index < -0.39 is 5.97 Å². The van der Waals surface area contributed by atoms with Crippen molar-refractivity contribution < 1.29 is 28.5 Å². The number of hydrogen-bond donors (Lipinski definition) is 1. The first-order valence-corrected chi connectivity index (χ1v) is 13.0. The minimum atomic E-state index is -0.804. The standard InChI is InChI=1S/C32H39FO5/c1-7-9-22(18-30(34)35)23-10-8-11-25(17-23)38-20-21-12-14-26(27-19-24(36-5)13-15-29(27)33)28(16-21)31(37-6)32(2,3)4/h8,10-17,19,22,31H,7,9,18,20H2,1-6H3,(H,34,35)/t22-,31+/m0/s1. The van der Waals surface area contributed by atoms with Crippen LogP contribution in [-0.2, 0) is 16.1 Å². The predicted octanol–water partition coefficient (Wildman–Crippen LogP) is 8.17. The Morgan fingerprint density at radius 3 is 2.37 bits per heavy atom. The Balaban J connectivity index is 1.95. The highest BCUT2D eigenvalue weighted by Gasteiger charge is 2.29. The van der Waals surface area contributed by atoms with Gasteiger partial charge in [0, 0.05) is 12.7 Å². The van der Waals surface area contributed by atoms with E-state index >= 15 is 0 Å². The Morgan fingerprint density at radius 1 is 0.974 bits per heavy atom. The summed E-state index contributed by atoms with van der Waals surface area (Å²) in [5.74, 6) is 0.0613. The van der Waals surface area contributed by atoms with E-state index in [2.05, 4.69) is 27.7 Å². The van der Waals surface area contributed by atoms with Gasteiger partial charge in [-0.2, -0.15) is 0 Å². The zero-order chi connectivity index (χ0) is 27.9. The van der Waals surface area contributed by atoms with Crippen molar-refractivity contribution in [1.29, 1.82) is 0 Å². The van der Waals surface area contributed by atoms with Crippen molar-refractivity contribution in [2.24, 2.45) is 5.41 Å². The summed E-state index contributed by atoms with van der Waals surface area (Å²) in [5, 5.41) is 9.32. The van der Waals surface area contributed by atoms with Crippen molar-refractivity contribution in [2.45, 2.75) is 65.6 Å². The summed E-state index contributed by atoms with van der Waals surface area (Å²) in [6, 6.07) is 18.2. The highest BCUT2D eigenvalue weighted by Crippen LogP contribution is 2.42. The third-order valence-corrected chi connectivity index (χ3v) is 6.68. The van der Waals surface area contributed by atoms with E-state index in [-0.39, 0.29) is 29.7 Å². The summed E-state index contributed by atoms with van der Waals surface area (Å²) < 4.78 is 32.4. The molecule has 0 radical (unpaired) electrons. The maximum atomic E-state index is 15.0. The molecule has 3 aromatic carbocycles. The fraction of sp³-hybridized carbons (Fsp3) is 0.406. The van der Waals surface area contributed by atoms with Crippen LogP contribution in [0.3, 0.4) is 0 Å². The second-order valence-corrected chi connectivity index (χ2v) is 10.7. The van der Waals surface area contributed by atoms with Gasteiger partial charge >= 0.3 is 5.97 Å². The number of carboxylic acid groups (broad SMARTS) is 1. The fourth-order valence-corrected chi connectivity index (χ4v) is 4.92. The van der Waals surface area contributed by atoms with Crippen molar-refractivity contribution in [2.75, 3.05) is 14.2 Å². The minimum Gasteiger partial charge on any atom is -0.497 e. The quantitative estimate of drug-likeness (QED) is 0.260. The molecule has 0 fully saturated rings. The lowest BCUT2D eigenvalue weighted by Gasteiger charge is -2.32. The first kappa shape index (κ1) is 29.2. The van der Waals surface area contributed by atoms with E-state index in [9.17, 15) is 14.3 Å². The molecule has 0 saturated heterocycles. The second-order valence-electron chi connectivity index (χ2n) is 10.7. The third-order valence-electron chi connectivity index (χ3n) is 6.68. The van der Waals surface area contributed by atoms with Gasteiger partial charge in [0.1, 0.15) is 23.9 Å². The molecule has 0 bridgehead atoms. The summed E-state index contributed by atoms with van der Waals surface area (Å²) in [7, 11) is 3.23. The Bertz CT molecular complexity index is 1230. The molecule has 0 heterocycles. The smallest absolute Gasteiger partial charge is 0.303 e. The van der Waals surface area contributed by atoms with Gasteiger partial charge in [0.15, 0.2) is 0 Å². The summed E-state index contributed by atoms with van der Waals surface area (Å²) in [6.07, 6.45) is 1.50. The molecule has 0 saturated carbocycles. The van der Waals surface area contributed by atoms with Gasteiger partial charge in [0.2, 0.25) is 0 Å². The molecule has 0 aliphatic rings. The molecule has 3 aromatic rings. The first-order valence-electron chi connectivity index (χ1n) is 13.0. The van der Waals surface area contributed by atoms with E-state index in [1.54, 1.807) is 26.4 Å². The molecule has 2 atom stereocenters. The molecule has 0 aromatic heterocycles. The van der Waals surface area contributed by atoms with Crippen molar-refractivity contribution in [3.63, 3.8) is 0 Å². The number of aliphatic carboxylic acids is 1. The fourth-order valence-electron chi connectivity index (χ4n) is 4.92. The van der Waals surface area contributed by atoms with Gasteiger partial charge in [-0.15, -0.1) is 0 Å². The molecule has 204 valence electrons. The number of carboxylic acids is 1. The Kier molecular flexibility index (Phi) is 9.92. The lowest BCUT2D eigenvalue weighted by molar-refractivity contribution is -0.137. The van der Waals surface area contributed by atoms with Crippen molar-refractivity contribution in [3.8, 4) is 22.6 Å². The maximum Gasteiger partial charge on any atom is 0.303 e. The van der Waals surface area contributed by atoms with Gasteiger partial charge in [0.25, 0.3) is 0 Å². The van der Waals surface area contributed by atoms with Gasteiger partial charge in [-0.1, -0.05) is 58.4 Å². The van der Waals surface area contributed by atoms with Crippen LogP contribution in [-0.4, -0.2) is 25.3 Å². The Hall–Kier alpha value is -3.38. The predicted molar refractivity (Wildman–Crippen MR) is 148 cm³/mol. The number of halogens is 1. The van der Waals surface area contributed by atoms with Crippen LogP contribution < -0.4 is 9.47 Å². The van der Waals surface area contributed by atoms with Crippen LogP contribution in [0.1, 0.15) is 75.7 Å². The number of methoxy groups -OCH3 is 2. The van der Waals surface area contributed by atoms with E-state index in [1.165, 1.54) is 6.07 Å². The molecule has 1 N–H and O–H groups in total. The SMILES string of the molecule is CCC[C@@H](CC(=O)O)c1cccc(OCc2ccc(-c3cc(OC)ccc3F)c([C@@H](OC)C(C)(C)C)c2)c1. The lowest BCUT2D eigenvalue weighted by atomic mass is 9.81. The second kappa shape index (κ2) is 12.9. The van der Waals surface area contributed by atoms with Crippen molar-refractivity contribution >= 4 is 5.97 Å². The zero-order valence-electron chi connectivity index (χ0n) is 23.2. The monoisotopic (exact) mass is 522 g/mol. The summed E-state index contributed by atoms with van der Waals surface area (Å²) in [6.45, 7) is 8.62. The van der Waals surface area contributed by atoms with E-state index in [0.29, 0.717) is 23.7 Å². The molecular formula is C32H39FO5. The maximum absolute atomic E-state index is 15.0. The van der Waals surface area contributed by atoms with Crippen LogP contribution in [0.2, 0.25) is 0 Å². The summed E-state index contributed by atoms with van der Waals surface area (Å²) >= 11 is 0. The van der Waals surface area contributed by atoms with Crippen LogP contribution in [0, 0.1) is 11.2 Å². The number of rotatable bonds is 12. The van der Waals surface area contributed by atoms with Crippen LogP contribution in [0.25, 0.3) is 11.1 Å². The highest BCUT2D eigenvalue weighted by atomic mass is 19.1. The summed E-state index contributed by atoms with van der Waals surface area (Å²) in [4.78, 5) is 11.4. The van der Waals surface area contributed by atoms with Crippen LogP contribution in [0.15, 0.2) is 60.7 Å². The minimum absolute atomic E-state index is 0.0565. The van der Waals surface area contributed by atoms with Gasteiger partial charge in [-0.05, 0) is 76.4 Å². The van der Waals surface area contributed by atoms with Crippen molar-refractivity contribution in [3.05, 3.63) is 83.2 Å². The highest BCUT2D eigenvalue weighted by molar-refractivity contribution is 5.71. The normalized spacial score (nSPS) is 13.1. The van der Waals surface area contributed by atoms with Gasteiger partial charge in [-0.25, -0.2) is 4.39 Å². The Morgan fingerprint density at radius 2 is 1.74 bits per heavy atom. The van der Waals surface area contributed by atoms with Gasteiger partial charge in [0.05, 0.1) is 19.6 Å². The molecule has 0 unspecified atom stereocenters. The molecule has 0 aliphatic carbocycles. The van der Waals surface area contributed by atoms with E-state index in [0.717, 1.165) is 35.1 Å². The van der Waals surface area contributed by atoms with Gasteiger partial charge in [-0.3, -0.25) is 4.79 Å². The molecule has 0 spiro atoms. The third kappa shape index (κ3) is 7.35. The van der Waals surface area contributed by atoms with E-state index in [4.69, 9.17) is 14.2 Å². The number of carbonyl (C=O) groups is 1. The Labute approximate surface area is 225 Å². The molecule has 38 heavy (non-hydrogen) atoms. The van der Waals surface area contributed by atoms with E-state index in [1.807, 2.05) is 42.5 Å². The molecule has 3 rings (SSSR count). The van der Waals surface area contributed by atoms with Crippen molar-refractivity contribution in [1.82, 2.24) is 0 Å². The topological polar surface area (TPSA) is 65.0 Å². The first-order chi connectivity index (χ1) is 18.1. The average molecular weight is 523 g/mol. The molecule has 0 amide bonds. The number of hydrogen-bond acceptors (Lipinski definition) is 4. The van der Waals surface area contributed by atoms with Crippen LogP contribution >= 0.6 is 0 Å². The lowest BCUT2D eigenvalue weighted by Crippen LogP contribution is -2.21. The van der Waals surface area contributed by atoms with Crippen LogP contribution in [0.4, 0.5) is 4.39 Å². The zero-order valence-corrected chi connectivity index (χ0v) is 23.2. The van der Waals surface area contributed by atoms with Gasteiger partial charge < -0.3 is 19.3 Å². The molecule has 6 heteroatoms. The van der Waals surface area contributed by atoms with Crippen LogP contribution in [0.5, 0.6) is 11.5 Å². The number of benzene rings is 3. The number of ether oxygens (including phenoxy) is 3. The largest absolute Gasteiger partial charge is 0.497 e. The summed E-state index contributed by atoms with van der Waals surface area (Å²) in [5.41, 5.74) is 3.69.